The number of hydrogen-bond donors (Lipinski definition) is 2. The van der Waals surface area contributed by atoms with Gasteiger partial charge in [-0.25, -0.2) is 4.39 Å². The molecule has 0 aliphatic carbocycles. The van der Waals surface area contributed by atoms with E-state index in [2.05, 4.69) is 10.3 Å². The number of hydrogen-bond acceptors (Lipinski definition) is 6. The van der Waals surface area contributed by atoms with Crippen LogP contribution in [-0.4, -0.2) is 65.2 Å². The van der Waals surface area contributed by atoms with Crippen LogP contribution in [0.25, 0.3) is 11.0 Å². The fraction of sp³-hybridized carbons (Fsp3) is 0.360. The summed E-state index contributed by atoms with van der Waals surface area (Å²) in [6, 6.07) is 7.60. The first-order valence-electron chi connectivity index (χ1n) is 11.3. The Morgan fingerprint density at radius 3 is 2.54 bits per heavy atom. The fourth-order valence-corrected chi connectivity index (χ4v) is 3.49. The molecular formula is C25H29FN4O5. The maximum atomic E-state index is 13.3. The van der Waals surface area contributed by atoms with Crippen molar-refractivity contribution < 1.29 is 23.8 Å². The number of amides is 2. The van der Waals surface area contributed by atoms with Gasteiger partial charge in [-0.1, -0.05) is 19.1 Å². The van der Waals surface area contributed by atoms with E-state index in [1.807, 2.05) is 6.92 Å². The number of pyridine rings is 2. The van der Waals surface area contributed by atoms with Crippen molar-refractivity contribution in [2.75, 3.05) is 33.9 Å². The molecule has 35 heavy (non-hydrogen) atoms. The van der Waals surface area contributed by atoms with Crippen LogP contribution in [0.3, 0.4) is 0 Å². The maximum absolute atomic E-state index is 13.3. The van der Waals surface area contributed by atoms with Gasteiger partial charge in [-0.3, -0.25) is 23.9 Å². The molecule has 186 valence electrons. The van der Waals surface area contributed by atoms with E-state index in [-0.39, 0.29) is 42.5 Å². The lowest BCUT2D eigenvalue weighted by molar-refractivity contribution is -0.129. The molecule has 9 nitrogen and oxygen atoms in total. The lowest BCUT2D eigenvalue weighted by Crippen LogP contribution is -2.37. The van der Waals surface area contributed by atoms with Crippen molar-refractivity contribution in [3.05, 3.63) is 69.4 Å². The highest BCUT2D eigenvalue weighted by Crippen LogP contribution is 2.26. The number of aromatic nitrogens is 2. The van der Waals surface area contributed by atoms with Gasteiger partial charge in [-0.15, -0.1) is 0 Å². The Morgan fingerprint density at radius 2 is 1.89 bits per heavy atom. The second-order valence-corrected chi connectivity index (χ2v) is 8.29. The smallest absolute Gasteiger partial charge is 0.268 e. The Hall–Kier alpha value is -3.79. The van der Waals surface area contributed by atoms with Crippen LogP contribution >= 0.6 is 0 Å². The molecule has 0 unspecified atom stereocenters. The van der Waals surface area contributed by atoms with Crippen LogP contribution in [0.1, 0.15) is 34.8 Å². The highest BCUT2D eigenvalue weighted by Gasteiger charge is 2.24. The Kier molecular flexibility index (Phi) is 8.53. The summed E-state index contributed by atoms with van der Waals surface area (Å²) in [6.45, 7) is 2.56. The van der Waals surface area contributed by atoms with Gasteiger partial charge in [0.15, 0.2) is 5.75 Å². The third-order valence-corrected chi connectivity index (χ3v) is 5.36. The van der Waals surface area contributed by atoms with Crippen molar-refractivity contribution in [3.8, 4) is 5.75 Å². The lowest BCUT2D eigenvalue weighted by atomic mass is 10.1. The summed E-state index contributed by atoms with van der Waals surface area (Å²) < 4.78 is 19.7. The van der Waals surface area contributed by atoms with E-state index >= 15 is 0 Å². The van der Waals surface area contributed by atoms with Crippen molar-refractivity contribution in [1.82, 2.24) is 19.8 Å². The van der Waals surface area contributed by atoms with E-state index in [9.17, 15) is 23.9 Å². The molecule has 0 atom stereocenters. The molecule has 2 amide bonds. The van der Waals surface area contributed by atoms with Gasteiger partial charge in [-0.05, 0) is 42.2 Å². The SMILES string of the molecule is CCCOCCNC(=O)c1c(O)c2ncc(Cc3ccc(F)cc3)cc2n(CC(=O)N(C)C)c1=O. The first-order chi connectivity index (χ1) is 16.7. The zero-order valence-electron chi connectivity index (χ0n) is 20.0. The third-order valence-electron chi connectivity index (χ3n) is 5.36. The lowest BCUT2D eigenvalue weighted by Gasteiger charge is -2.17. The van der Waals surface area contributed by atoms with E-state index in [1.165, 1.54) is 23.2 Å². The van der Waals surface area contributed by atoms with Crippen LogP contribution in [0.5, 0.6) is 5.75 Å². The highest BCUT2D eigenvalue weighted by atomic mass is 19.1. The van der Waals surface area contributed by atoms with Gasteiger partial charge < -0.3 is 20.1 Å². The Labute approximate surface area is 202 Å². The van der Waals surface area contributed by atoms with Crippen molar-refractivity contribution in [3.63, 3.8) is 0 Å². The minimum atomic E-state index is -0.807. The summed E-state index contributed by atoms with van der Waals surface area (Å²) >= 11 is 0. The van der Waals surface area contributed by atoms with Crippen molar-refractivity contribution in [1.29, 1.82) is 0 Å². The number of nitrogens with zero attached hydrogens (tertiary/aromatic N) is 3. The van der Waals surface area contributed by atoms with Crippen LogP contribution in [0.15, 0.2) is 41.3 Å². The summed E-state index contributed by atoms with van der Waals surface area (Å²) in [7, 11) is 3.11. The molecule has 0 saturated heterocycles. The highest BCUT2D eigenvalue weighted by molar-refractivity contribution is 6.01. The van der Waals surface area contributed by atoms with Gasteiger partial charge in [-0.2, -0.15) is 0 Å². The number of ether oxygens (including phenoxy) is 1. The monoisotopic (exact) mass is 484 g/mol. The van der Waals surface area contributed by atoms with Gasteiger partial charge in [0.2, 0.25) is 5.91 Å². The molecule has 0 bridgehead atoms. The first-order valence-corrected chi connectivity index (χ1v) is 11.3. The molecule has 0 spiro atoms. The molecule has 0 aliphatic rings. The molecule has 0 saturated carbocycles. The molecule has 0 radical (unpaired) electrons. The minimum Gasteiger partial charge on any atom is -0.505 e. The first kappa shape index (κ1) is 25.8. The third kappa shape index (κ3) is 6.21. The molecular weight excluding hydrogens is 455 g/mol. The summed E-state index contributed by atoms with van der Waals surface area (Å²) in [5.74, 6) is -2.06. The summed E-state index contributed by atoms with van der Waals surface area (Å²) in [4.78, 5) is 44.2. The second-order valence-electron chi connectivity index (χ2n) is 8.29. The Morgan fingerprint density at radius 1 is 1.17 bits per heavy atom. The van der Waals surface area contributed by atoms with Crippen molar-refractivity contribution >= 4 is 22.8 Å². The molecule has 2 N–H and O–H groups in total. The number of carbonyl (C=O) groups is 2. The molecule has 3 aromatic rings. The molecule has 0 aliphatic heterocycles. The number of carbonyl (C=O) groups excluding carboxylic acids is 2. The van der Waals surface area contributed by atoms with Gasteiger partial charge in [0.1, 0.15) is 23.4 Å². The van der Waals surface area contributed by atoms with Crippen LogP contribution < -0.4 is 10.9 Å². The van der Waals surface area contributed by atoms with Gasteiger partial charge in [0.25, 0.3) is 11.5 Å². The van der Waals surface area contributed by atoms with Crippen molar-refractivity contribution in [2.45, 2.75) is 26.3 Å². The van der Waals surface area contributed by atoms with E-state index in [4.69, 9.17) is 4.74 Å². The van der Waals surface area contributed by atoms with Crippen LogP contribution in [0, 0.1) is 5.82 Å². The van der Waals surface area contributed by atoms with Gasteiger partial charge in [0.05, 0.1) is 12.1 Å². The predicted octanol–water partition coefficient (Wildman–Crippen LogP) is 2.08. The molecule has 2 aromatic heterocycles. The molecule has 2 heterocycles. The average Bonchev–Trinajstić information content (AvgIpc) is 2.83. The minimum absolute atomic E-state index is 0.0198. The summed E-state index contributed by atoms with van der Waals surface area (Å²) in [6.07, 6.45) is 2.73. The number of rotatable bonds is 10. The van der Waals surface area contributed by atoms with Crippen LogP contribution in [-0.2, 0) is 22.5 Å². The van der Waals surface area contributed by atoms with Crippen LogP contribution in [0.4, 0.5) is 4.39 Å². The number of halogens is 1. The predicted molar refractivity (Wildman–Crippen MR) is 129 cm³/mol. The number of nitrogens with one attached hydrogen (secondary N) is 1. The fourth-order valence-electron chi connectivity index (χ4n) is 3.49. The molecule has 3 rings (SSSR count). The topological polar surface area (TPSA) is 114 Å². The van der Waals surface area contributed by atoms with Crippen LogP contribution in [0.2, 0.25) is 0 Å². The number of fused-ring (bicyclic) bond motifs is 1. The summed E-state index contributed by atoms with van der Waals surface area (Å²) in [5.41, 5.74) is 0.434. The zero-order chi connectivity index (χ0) is 25.5. The molecule has 10 heteroatoms. The summed E-state index contributed by atoms with van der Waals surface area (Å²) in [5, 5.41) is 13.4. The van der Waals surface area contributed by atoms with E-state index in [0.717, 1.165) is 16.6 Å². The number of likely N-dealkylation sites (N-methyl/N-ethyl adjacent to an activating group) is 1. The normalized spacial score (nSPS) is 11.0. The standard InChI is InChI=1S/C25H29FN4O5/c1-4-10-35-11-9-27-24(33)21-23(32)22-19(30(25(21)34)15-20(31)29(2)3)13-17(14-28-22)12-16-5-7-18(26)8-6-16/h5-8,13-14,32H,4,9-12,15H2,1-3H3,(H,27,33). The quantitative estimate of drug-likeness (QED) is 0.426. The largest absolute Gasteiger partial charge is 0.505 e. The Bertz CT molecular complexity index is 1270. The Balaban J connectivity index is 2.04. The number of benzene rings is 1. The number of aromatic hydroxyl groups is 1. The van der Waals surface area contributed by atoms with E-state index in [1.54, 1.807) is 32.3 Å². The van der Waals surface area contributed by atoms with E-state index < -0.39 is 22.8 Å². The zero-order valence-corrected chi connectivity index (χ0v) is 20.0. The van der Waals surface area contributed by atoms with Gasteiger partial charge in [0, 0.05) is 33.4 Å². The van der Waals surface area contributed by atoms with Gasteiger partial charge >= 0.3 is 0 Å². The van der Waals surface area contributed by atoms with Crippen molar-refractivity contribution in [2.24, 2.45) is 0 Å². The molecule has 0 fully saturated rings. The molecule has 1 aromatic carbocycles. The maximum Gasteiger partial charge on any atom is 0.268 e. The van der Waals surface area contributed by atoms with E-state index in [0.29, 0.717) is 18.6 Å². The average molecular weight is 485 g/mol. The second kappa shape index (κ2) is 11.6.